The van der Waals surface area contributed by atoms with Gasteiger partial charge in [0.2, 0.25) is 6.10 Å². The fraction of sp³-hybridized carbons (Fsp3) is 0.903. The number of carbonyl (C=O) groups is 6. The minimum absolute atomic E-state index is 0.0789. The molecule has 1 N–H and O–H groups in total. The minimum Gasteiger partial charge on any atom is -0.465 e. The Morgan fingerprint density at radius 1 is 0.680 bits per heavy atom. The van der Waals surface area contributed by atoms with Crippen molar-refractivity contribution in [3.05, 3.63) is 0 Å². The van der Waals surface area contributed by atoms with E-state index in [9.17, 15) is 29.1 Å². The Bertz CT molecular complexity index is 2150. The van der Waals surface area contributed by atoms with Crippen LogP contribution in [0.4, 0.5) is 0 Å². The second-order valence-corrected chi connectivity index (χ2v) is 29.9. The van der Waals surface area contributed by atoms with Crippen LogP contribution in [0.2, 0.25) is 0 Å². The first kappa shape index (κ1) is 55.1. The van der Waals surface area contributed by atoms with Crippen molar-refractivity contribution >= 4 is 35.8 Å². The smallest absolute Gasteiger partial charge is 0.347 e. The highest BCUT2D eigenvalue weighted by Crippen LogP contribution is 2.64. The zero-order valence-corrected chi connectivity index (χ0v) is 47.4. The fourth-order valence-electron chi connectivity index (χ4n) is 19.8. The molecule has 0 spiro atoms. The van der Waals surface area contributed by atoms with Gasteiger partial charge in [-0.15, -0.1) is 0 Å². The zero-order valence-electron chi connectivity index (χ0n) is 47.4. The van der Waals surface area contributed by atoms with Crippen molar-refractivity contribution in [3.8, 4) is 0 Å². The van der Waals surface area contributed by atoms with Gasteiger partial charge in [-0.05, 0) is 236 Å². The molecule has 75 heavy (non-hydrogen) atoms. The topological polar surface area (TPSA) is 178 Å². The largest absolute Gasteiger partial charge is 0.465 e. The van der Waals surface area contributed by atoms with Crippen LogP contribution >= 0.6 is 0 Å². The van der Waals surface area contributed by atoms with Crippen molar-refractivity contribution in [1.29, 1.82) is 0 Å². The molecule has 12 bridgehead atoms. The number of esters is 6. The van der Waals surface area contributed by atoms with Crippen LogP contribution in [-0.2, 0) is 57.2 Å². The molecule has 12 aliphatic carbocycles. The molecule has 13 aliphatic rings. The van der Waals surface area contributed by atoms with Gasteiger partial charge < -0.3 is 33.5 Å². The molecule has 0 aromatic rings. The Hall–Kier alpha value is -3.22. The maximum atomic E-state index is 15.3. The van der Waals surface area contributed by atoms with Gasteiger partial charge in [0.05, 0.1) is 46.4 Å². The van der Waals surface area contributed by atoms with E-state index in [0.717, 1.165) is 76.0 Å². The summed E-state index contributed by atoms with van der Waals surface area (Å²) in [5, 5.41) is 11.5. The lowest BCUT2D eigenvalue weighted by Gasteiger charge is -2.62. The van der Waals surface area contributed by atoms with Crippen LogP contribution in [-0.4, -0.2) is 82.6 Å². The number of ether oxygens (including phenoxy) is 6. The summed E-state index contributed by atoms with van der Waals surface area (Å²) < 4.78 is 37.3. The fourth-order valence-corrected chi connectivity index (χ4v) is 19.8. The number of rotatable bonds is 22. The summed E-state index contributed by atoms with van der Waals surface area (Å²) in [5.74, 6) is 1.66. The highest BCUT2D eigenvalue weighted by atomic mass is 16.6. The molecule has 0 amide bonds. The number of carbonyl (C=O) groups excluding carboxylic acids is 6. The number of cyclic esters (lactones) is 1. The Morgan fingerprint density at radius 3 is 1.79 bits per heavy atom. The first-order valence-electron chi connectivity index (χ1n) is 30.1. The van der Waals surface area contributed by atoms with Gasteiger partial charge in [0.1, 0.15) is 16.8 Å². The molecule has 13 nitrogen and oxygen atoms in total. The van der Waals surface area contributed by atoms with E-state index in [1.54, 1.807) is 27.7 Å². The number of hydrogen-bond donors (Lipinski definition) is 1. The third-order valence-electron chi connectivity index (χ3n) is 22.1. The summed E-state index contributed by atoms with van der Waals surface area (Å²) >= 11 is 0. The van der Waals surface area contributed by atoms with E-state index in [-0.39, 0.29) is 75.0 Å². The third kappa shape index (κ3) is 10.7. The van der Waals surface area contributed by atoms with Gasteiger partial charge in [0, 0.05) is 19.3 Å². The van der Waals surface area contributed by atoms with Crippen molar-refractivity contribution in [2.45, 2.75) is 251 Å². The molecule has 13 fully saturated rings. The molecule has 0 radical (unpaired) electrons. The Labute approximate surface area is 447 Å². The van der Waals surface area contributed by atoms with Gasteiger partial charge in [0.25, 0.3) is 0 Å². The van der Waals surface area contributed by atoms with Gasteiger partial charge in [-0.3, -0.25) is 24.0 Å². The molecular formula is C62H94O13. The molecular weight excluding hydrogens is 953 g/mol. The molecule has 1 aliphatic heterocycles. The highest BCUT2D eigenvalue weighted by Gasteiger charge is 2.63. The Morgan fingerprint density at radius 2 is 1.25 bits per heavy atom. The van der Waals surface area contributed by atoms with Crippen LogP contribution in [0.25, 0.3) is 0 Å². The monoisotopic (exact) mass is 1050 g/mol. The van der Waals surface area contributed by atoms with E-state index in [0.29, 0.717) is 68.1 Å². The van der Waals surface area contributed by atoms with Crippen molar-refractivity contribution in [2.75, 3.05) is 13.2 Å². The third-order valence-corrected chi connectivity index (χ3v) is 22.1. The van der Waals surface area contributed by atoms with Crippen molar-refractivity contribution in [3.63, 3.8) is 0 Å². The standard InChI is InChI=1S/C62H94O13/c1-10-45(49(63)73-62(37(2)3)46-23-38-18-39(25-46)26-47(62)24-38)12-11-14-57(8,53(67)74-56(6,7)15-17-71-54(68)59-27-40-19-41(28-59)21-42(20-40)29-59)35-58(9,52(66)72-48-13-16-70-50(48)64)34-55(4,5)51(65)75-61-32-43-22-44(33-61)31-60(69,30-43)36-61/h37-48,69H,10-36H2,1-9H3. The van der Waals surface area contributed by atoms with E-state index in [1.165, 1.54) is 25.7 Å². The molecule has 6 atom stereocenters. The molecule has 13 rings (SSSR count). The van der Waals surface area contributed by atoms with Gasteiger partial charge >= 0.3 is 35.8 Å². The SMILES string of the molecule is CCC(CCCC(C)(CC(C)(CC(C)(C)C(=O)OC12CC3CC(CC(O)(C3)C1)C2)C(=O)OC1CCOC1=O)C(=O)OC(C)(C)CCOC(=O)C12CC3CC(CC(C3)C1)C2)C(=O)OC1(C(C)C)C2CC3CC(C2)CC1C3. The molecule has 1 heterocycles. The second-order valence-electron chi connectivity index (χ2n) is 29.9. The summed E-state index contributed by atoms with van der Waals surface area (Å²) in [7, 11) is 0. The summed E-state index contributed by atoms with van der Waals surface area (Å²) in [6, 6.07) is 0. The lowest BCUT2D eigenvalue weighted by atomic mass is 9.47. The minimum atomic E-state index is -1.54. The van der Waals surface area contributed by atoms with Crippen LogP contribution in [0.5, 0.6) is 0 Å². The summed E-state index contributed by atoms with van der Waals surface area (Å²) in [4.78, 5) is 86.2. The van der Waals surface area contributed by atoms with Crippen molar-refractivity contribution in [1.82, 2.24) is 0 Å². The van der Waals surface area contributed by atoms with Crippen LogP contribution < -0.4 is 0 Å². The quantitative estimate of drug-likeness (QED) is 0.0801. The molecule has 13 heteroatoms. The predicted octanol–water partition coefficient (Wildman–Crippen LogP) is 11.4. The average molecular weight is 1050 g/mol. The average Bonchev–Trinajstić information content (AvgIpc) is 3.73. The van der Waals surface area contributed by atoms with Crippen LogP contribution in [0, 0.1) is 86.8 Å². The lowest BCUT2D eigenvalue weighted by Crippen LogP contribution is -2.62. The van der Waals surface area contributed by atoms with Crippen LogP contribution in [0.3, 0.4) is 0 Å². The van der Waals surface area contributed by atoms with Gasteiger partial charge in [0.15, 0.2) is 0 Å². The van der Waals surface area contributed by atoms with Crippen molar-refractivity contribution in [2.24, 2.45) is 86.8 Å². The van der Waals surface area contributed by atoms with E-state index in [2.05, 4.69) is 13.8 Å². The highest BCUT2D eigenvalue weighted by molar-refractivity contribution is 5.86. The normalized spacial score (nSPS) is 39.9. The van der Waals surface area contributed by atoms with Gasteiger partial charge in [-0.1, -0.05) is 27.2 Å². The van der Waals surface area contributed by atoms with E-state index in [1.807, 2.05) is 20.8 Å². The second kappa shape index (κ2) is 19.8. The molecule has 12 saturated carbocycles. The number of hydrogen-bond acceptors (Lipinski definition) is 13. The van der Waals surface area contributed by atoms with Crippen LogP contribution in [0.15, 0.2) is 0 Å². The van der Waals surface area contributed by atoms with Crippen LogP contribution in [0.1, 0.15) is 223 Å². The molecule has 420 valence electrons. The Balaban J connectivity index is 0.879. The maximum Gasteiger partial charge on any atom is 0.347 e. The molecule has 1 saturated heterocycles. The summed E-state index contributed by atoms with van der Waals surface area (Å²) in [6.45, 7) is 17.3. The van der Waals surface area contributed by atoms with Gasteiger partial charge in [-0.2, -0.15) is 0 Å². The first-order valence-corrected chi connectivity index (χ1v) is 30.1. The maximum absolute atomic E-state index is 15.3. The van der Waals surface area contributed by atoms with E-state index >= 15 is 4.79 Å². The lowest BCUT2D eigenvalue weighted by molar-refractivity contribution is -0.228. The predicted molar refractivity (Wildman–Crippen MR) is 278 cm³/mol. The molecule has 6 unspecified atom stereocenters. The van der Waals surface area contributed by atoms with Gasteiger partial charge in [-0.25, -0.2) is 4.79 Å². The van der Waals surface area contributed by atoms with E-state index < -0.39 is 80.0 Å². The summed E-state index contributed by atoms with van der Waals surface area (Å²) in [5.41, 5.74) is -7.78. The Kier molecular flexibility index (Phi) is 14.6. The molecule has 0 aromatic carbocycles. The number of aliphatic hydroxyl groups is 1. The van der Waals surface area contributed by atoms with Crippen molar-refractivity contribution < 1.29 is 62.3 Å². The summed E-state index contributed by atoms with van der Waals surface area (Å²) in [6.07, 6.45) is 17.3. The first-order chi connectivity index (χ1) is 35.2. The molecule has 0 aromatic heterocycles. The van der Waals surface area contributed by atoms with E-state index in [4.69, 9.17) is 28.4 Å². The zero-order chi connectivity index (χ0) is 53.7.